The minimum atomic E-state index is -3.65. The predicted molar refractivity (Wildman–Crippen MR) is 69.7 cm³/mol. The standard InChI is InChI=1S/C9H14BrNO4S2/c1-6-7(3-8(10)16-6)17(14,15)11-4-9(2,13)5-12/h3,11-13H,4-5H2,1-2H3. The van der Waals surface area contributed by atoms with Crippen molar-refractivity contribution in [2.24, 2.45) is 0 Å². The molecule has 0 aliphatic carbocycles. The van der Waals surface area contributed by atoms with Crippen LogP contribution in [0.15, 0.2) is 14.7 Å². The molecule has 8 heteroatoms. The Kier molecular flexibility index (Phi) is 4.73. The van der Waals surface area contributed by atoms with Crippen LogP contribution in [0.25, 0.3) is 0 Å². The van der Waals surface area contributed by atoms with Crippen molar-refractivity contribution in [3.63, 3.8) is 0 Å². The Morgan fingerprint density at radius 2 is 2.18 bits per heavy atom. The van der Waals surface area contributed by atoms with Crippen LogP contribution in [-0.2, 0) is 10.0 Å². The van der Waals surface area contributed by atoms with Gasteiger partial charge in [-0.3, -0.25) is 0 Å². The fourth-order valence-corrected chi connectivity index (χ4v) is 4.66. The fraction of sp³-hybridized carbons (Fsp3) is 0.556. The van der Waals surface area contributed by atoms with E-state index in [0.29, 0.717) is 4.88 Å². The van der Waals surface area contributed by atoms with Crippen LogP contribution in [0.3, 0.4) is 0 Å². The Balaban J connectivity index is 2.87. The number of thiophene rings is 1. The zero-order valence-electron chi connectivity index (χ0n) is 9.40. The molecule has 0 fully saturated rings. The van der Waals surface area contributed by atoms with E-state index in [4.69, 9.17) is 5.11 Å². The molecule has 0 bridgehead atoms. The number of hydrogen-bond donors (Lipinski definition) is 3. The second-order valence-corrected chi connectivity index (χ2v) is 8.32. The molecule has 1 aromatic rings. The van der Waals surface area contributed by atoms with Crippen molar-refractivity contribution in [3.8, 4) is 0 Å². The highest BCUT2D eigenvalue weighted by atomic mass is 79.9. The lowest BCUT2D eigenvalue weighted by atomic mass is 10.1. The van der Waals surface area contributed by atoms with Crippen molar-refractivity contribution in [2.45, 2.75) is 24.3 Å². The van der Waals surface area contributed by atoms with Crippen molar-refractivity contribution < 1.29 is 18.6 Å². The van der Waals surface area contributed by atoms with Crippen LogP contribution < -0.4 is 4.72 Å². The van der Waals surface area contributed by atoms with E-state index in [-0.39, 0.29) is 11.4 Å². The van der Waals surface area contributed by atoms with Gasteiger partial charge in [-0.25, -0.2) is 13.1 Å². The van der Waals surface area contributed by atoms with Gasteiger partial charge in [-0.2, -0.15) is 0 Å². The Hall–Kier alpha value is 0.01000. The van der Waals surface area contributed by atoms with Crippen molar-refractivity contribution in [3.05, 3.63) is 14.7 Å². The van der Waals surface area contributed by atoms with Crippen LogP contribution in [0.1, 0.15) is 11.8 Å². The monoisotopic (exact) mass is 343 g/mol. The molecule has 0 radical (unpaired) electrons. The van der Waals surface area contributed by atoms with E-state index in [0.717, 1.165) is 3.79 Å². The zero-order chi connectivity index (χ0) is 13.3. The van der Waals surface area contributed by atoms with Crippen molar-refractivity contribution in [1.82, 2.24) is 4.72 Å². The van der Waals surface area contributed by atoms with Gasteiger partial charge in [-0.05, 0) is 35.8 Å². The van der Waals surface area contributed by atoms with Crippen LogP contribution in [0.4, 0.5) is 0 Å². The average molecular weight is 344 g/mol. The lowest BCUT2D eigenvalue weighted by Crippen LogP contribution is -2.43. The summed E-state index contributed by atoms with van der Waals surface area (Å²) in [5.74, 6) is 0. The van der Waals surface area contributed by atoms with Gasteiger partial charge >= 0.3 is 0 Å². The summed E-state index contributed by atoms with van der Waals surface area (Å²) in [4.78, 5) is 0.844. The molecule has 1 rings (SSSR count). The largest absolute Gasteiger partial charge is 0.393 e. The first kappa shape index (κ1) is 15.1. The van der Waals surface area contributed by atoms with Gasteiger partial charge in [-0.15, -0.1) is 11.3 Å². The molecule has 1 heterocycles. The third-order valence-corrected chi connectivity index (χ3v) is 5.33. The normalized spacial score (nSPS) is 15.8. The summed E-state index contributed by atoms with van der Waals surface area (Å²) in [5.41, 5.74) is -1.46. The van der Waals surface area contributed by atoms with Crippen LogP contribution in [-0.4, -0.2) is 37.4 Å². The van der Waals surface area contributed by atoms with Crippen LogP contribution >= 0.6 is 27.3 Å². The molecule has 1 aromatic heterocycles. The first-order valence-electron chi connectivity index (χ1n) is 4.77. The molecule has 0 aliphatic rings. The quantitative estimate of drug-likeness (QED) is 0.739. The van der Waals surface area contributed by atoms with Crippen LogP contribution in [0.5, 0.6) is 0 Å². The predicted octanol–water partition coefficient (Wildman–Crippen LogP) is 0.841. The van der Waals surface area contributed by atoms with Crippen molar-refractivity contribution in [2.75, 3.05) is 13.2 Å². The second-order valence-electron chi connectivity index (χ2n) is 3.95. The molecule has 1 atom stereocenters. The number of aryl methyl sites for hydroxylation is 1. The number of rotatable bonds is 5. The maximum atomic E-state index is 11.9. The number of aliphatic hydroxyl groups excluding tert-OH is 1. The van der Waals surface area contributed by atoms with Gasteiger partial charge in [0.05, 0.1) is 20.9 Å². The highest BCUT2D eigenvalue weighted by Gasteiger charge is 2.25. The number of nitrogens with one attached hydrogen (secondary N) is 1. The summed E-state index contributed by atoms with van der Waals surface area (Å²) in [6.45, 7) is 2.31. The molecule has 5 nitrogen and oxygen atoms in total. The van der Waals surface area contributed by atoms with E-state index in [1.54, 1.807) is 6.92 Å². The summed E-state index contributed by atoms with van der Waals surface area (Å²) in [7, 11) is -3.65. The van der Waals surface area contributed by atoms with Gasteiger partial charge in [-0.1, -0.05) is 0 Å². The molecular formula is C9H14BrNO4S2. The molecule has 0 amide bonds. The van der Waals surface area contributed by atoms with E-state index < -0.39 is 22.2 Å². The lowest BCUT2D eigenvalue weighted by Gasteiger charge is -2.20. The molecule has 1 unspecified atom stereocenters. The third-order valence-electron chi connectivity index (χ3n) is 2.12. The third kappa shape index (κ3) is 4.01. The van der Waals surface area contributed by atoms with Gasteiger partial charge < -0.3 is 10.2 Å². The van der Waals surface area contributed by atoms with Crippen LogP contribution in [0, 0.1) is 6.92 Å². The zero-order valence-corrected chi connectivity index (χ0v) is 12.6. The van der Waals surface area contributed by atoms with Gasteiger partial charge in [0, 0.05) is 11.4 Å². The van der Waals surface area contributed by atoms with Gasteiger partial charge in [0.15, 0.2) is 0 Å². The number of halogens is 1. The number of aliphatic hydroxyl groups is 2. The smallest absolute Gasteiger partial charge is 0.241 e. The highest BCUT2D eigenvalue weighted by Crippen LogP contribution is 2.29. The summed E-state index contributed by atoms with van der Waals surface area (Å²) in [6.07, 6.45) is 0. The Labute approximate surface area is 113 Å². The number of hydrogen-bond acceptors (Lipinski definition) is 5. The molecule has 98 valence electrons. The maximum Gasteiger partial charge on any atom is 0.241 e. The first-order chi connectivity index (χ1) is 7.68. The van der Waals surface area contributed by atoms with Crippen molar-refractivity contribution in [1.29, 1.82) is 0 Å². The van der Waals surface area contributed by atoms with Crippen molar-refractivity contribution >= 4 is 37.3 Å². The van der Waals surface area contributed by atoms with E-state index in [1.165, 1.54) is 24.3 Å². The van der Waals surface area contributed by atoms with E-state index >= 15 is 0 Å². The van der Waals surface area contributed by atoms with E-state index in [9.17, 15) is 13.5 Å². The topological polar surface area (TPSA) is 86.6 Å². The Morgan fingerprint density at radius 1 is 1.59 bits per heavy atom. The Bertz CT molecular complexity index is 495. The lowest BCUT2D eigenvalue weighted by molar-refractivity contribution is 0.00681. The SMILES string of the molecule is Cc1sc(Br)cc1S(=O)(=O)NCC(C)(O)CO. The summed E-state index contributed by atoms with van der Waals surface area (Å²) < 4.78 is 26.8. The molecule has 3 N–H and O–H groups in total. The number of sulfonamides is 1. The summed E-state index contributed by atoms with van der Waals surface area (Å²) in [5, 5.41) is 18.4. The molecular weight excluding hydrogens is 330 g/mol. The molecule has 0 saturated heterocycles. The minimum absolute atomic E-state index is 0.183. The van der Waals surface area contributed by atoms with Crippen LogP contribution in [0.2, 0.25) is 0 Å². The Morgan fingerprint density at radius 3 is 2.59 bits per heavy atom. The van der Waals surface area contributed by atoms with Gasteiger partial charge in [0.1, 0.15) is 0 Å². The van der Waals surface area contributed by atoms with Gasteiger partial charge in [0.25, 0.3) is 0 Å². The van der Waals surface area contributed by atoms with E-state index in [1.807, 2.05) is 0 Å². The average Bonchev–Trinajstić information content (AvgIpc) is 2.56. The fourth-order valence-electron chi connectivity index (χ4n) is 1.08. The minimum Gasteiger partial charge on any atom is -0.393 e. The van der Waals surface area contributed by atoms with Gasteiger partial charge in [0.2, 0.25) is 10.0 Å². The molecule has 0 spiro atoms. The second kappa shape index (κ2) is 5.33. The maximum absolute atomic E-state index is 11.9. The first-order valence-corrected chi connectivity index (χ1v) is 7.86. The summed E-state index contributed by atoms with van der Waals surface area (Å²) >= 11 is 4.54. The molecule has 0 aliphatic heterocycles. The molecule has 0 saturated carbocycles. The molecule has 0 aromatic carbocycles. The summed E-state index contributed by atoms with van der Waals surface area (Å²) in [6, 6.07) is 1.51. The van der Waals surface area contributed by atoms with E-state index in [2.05, 4.69) is 20.7 Å². The highest BCUT2D eigenvalue weighted by molar-refractivity contribution is 9.11. The molecule has 17 heavy (non-hydrogen) atoms.